The Morgan fingerprint density at radius 3 is 2.67 bits per heavy atom. The number of benzene rings is 1. The molecular formula is C16H18F3N3O2. The molecule has 1 saturated heterocycles. The zero-order valence-electron chi connectivity index (χ0n) is 13.4. The van der Waals surface area contributed by atoms with Crippen molar-refractivity contribution in [3.05, 3.63) is 47.2 Å². The highest BCUT2D eigenvalue weighted by Gasteiger charge is 2.37. The summed E-state index contributed by atoms with van der Waals surface area (Å²) in [5, 5.41) is 7.80. The maximum Gasteiger partial charge on any atom is 0.416 e. The van der Waals surface area contributed by atoms with E-state index in [2.05, 4.69) is 10.2 Å². The Kier molecular flexibility index (Phi) is 4.60. The summed E-state index contributed by atoms with van der Waals surface area (Å²) in [5.74, 6) is 0.918. The molecule has 1 aromatic heterocycles. The molecule has 2 heterocycles. The molecule has 0 amide bonds. The Labute approximate surface area is 137 Å². The van der Waals surface area contributed by atoms with E-state index in [9.17, 15) is 13.2 Å². The van der Waals surface area contributed by atoms with Gasteiger partial charge in [-0.05, 0) is 18.6 Å². The monoisotopic (exact) mass is 341 g/mol. The van der Waals surface area contributed by atoms with Gasteiger partial charge in [-0.25, -0.2) is 0 Å². The van der Waals surface area contributed by atoms with Crippen molar-refractivity contribution in [2.75, 3.05) is 19.7 Å². The molecule has 1 aromatic carbocycles. The van der Waals surface area contributed by atoms with Crippen LogP contribution in [0, 0.1) is 6.92 Å². The third-order valence-corrected chi connectivity index (χ3v) is 4.16. The number of aryl methyl sites for hydroxylation is 1. The van der Waals surface area contributed by atoms with Gasteiger partial charge in [0.15, 0.2) is 0 Å². The smallest absolute Gasteiger partial charge is 0.416 e. The topological polar surface area (TPSA) is 51.4 Å². The van der Waals surface area contributed by atoms with Crippen molar-refractivity contribution in [3.8, 4) is 0 Å². The number of alkyl halides is 3. The molecule has 1 aliphatic rings. The van der Waals surface area contributed by atoms with Crippen molar-refractivity contribution < 1.29 is 22.3 Å². The van der Waals surface area contributed by atoms with Crippen molar-refractivity contribution in [2.45, 2.75) is 32.2 Å². The van der Waals surface area contributed by atoms with Crippen LogP contribution in [0.3, 0.4) is 0 Å². The van der Waals surface area contributed by atoms with Gasteiger partial charge in [-0.2, -0.15) is 13.2 Å². The van der Waals surface area contributed by atoms with Gasteiger partial charge in [0, 0.05) is 20.0 Å². The van der Waals surface area contributed by atoms with Crippen molar-refractivity contribution in [2.24, 2.45) is 0 Å². The van der Waals surface area contributed by atoms with Crippen LogP contribution in [0.2, 0.25) is 0 Å². The molecular weight excluding hydrogens is 323 g/mol. The first-order valence-electron chi connectivity index (χ1n) is 7.68. The molecule has 0 spiro atoms. The van der Waals surface area contributed by atoms with Crippen molar-refractivity contribution in [1.82, 2.24) is 15.1 Å². The minimum atomic E-state index is -4.41. The second kappa shape index (κ2) is 6.52. The van der Waals surface area contributed by atoms with Crippen LogP contribution < -0.4 is 0 Å². The van der Waals surface area contributed by atoms with E-state index in [4.69, 9.17) is 9.15 Å². The highest BCUT2D eigenvalue weighted by molar-refractivity contribution is 5.32. The van der Waals surface area contributed by atoms with Gasteiger partial charge in [0.1, 0.15) is 0 Å². The summed E-state index contributed by atoms with van der Waals surface area (Å²) in [5.41, 5.74) is -0.498. The molecule has 0 radical (unpaired) electrons. The Morgan fingerprint density at radius 1 is 1.25 bits per heavy atom. The molecule has 8 heteroatoms. The fraction of sp³-hybridized carbons (Fsp3) is 0.500. The summed E-state index contributed by atoms with van der Waals surface area (Å²) in [6.45, 7) is 4.85. The molecule has 24 heavy (non-hydrogen) atoms. The zero-order valence-corrected chi connectivity index (χ0v) is 13.4. The number of nitrogens with zero attached hydrogens (tertiary/aromatic N) is 3. The molecule has 1 fully saturated rings. The lowest BCUT2D eigenvalue weighted by atomic mass is 10.00. The van der Waals surface area contributed by atoms with Crippen LogP contribution in [0.15, 0.2) is 28.7 Å². The number of aromatic nitrogens is 2. The average molecular weight is 341 g/mol. The summed E-state index contributed by atoms with van der Waals surface area (Å²) in [6, 6.07) is 5.35. The van der Waals surface area contributed by atoms with Crippen LogP contribution in [-0.2, 0) is 10.9 Å². The first-order valence-corrected chi connectivity index (χ1v) is 7.68. The fourth-order valence-corrected chi connectivity index (χ4v) is 2.88. The minimum Gasteiger partial charge on any atom is -0.424 e. The SMILES string of the molecule is Cc1nnc([C@@H](C)N2CCO[C@@H](c3ccccc3C(F)(F)F)C2)o1. The quantitative estimate of drug-likeness (QED) is 0.855. The molecule has 0 N–H and O–H groups in total. The van der Waals surface area contributed by atoms with E-state index in [1.54, 1.807) is 13.0 Å². The molecule has 2 aromatic rings. The summed E-state index contributed by atoms with van der Waals surface area (Å²) in [7, 11) is 0. The molecule has 5 nitrogen and oxygen atoms in total. The van der Waals surface area contributed by atoms with E-state index in [1.807, 2.05) is 11.8 Å². The van der Waals surface area contributed by atoms with E-state index >= 15 is 0 Å². The van der Waals surface area contributed by atoms with E-state index < -0.39 is 17.8 Å². The lowest BCUT2D eigenvalue weighted by Gasteiger charge is -2.36. The predicted molar refractivity (Wildman–Crippen MR) is 79.2 cm³/mol. The van der Waals surface area contributed by atoms with Gasteiger partial charge in [-0.15, -0.1) is 10.2 Å². The van der Waals surface area contributed by atoms with Crippen LogP contribution in [0.1, 0.15) is 42.0 Å². The van der Waals surface area contributed by atoms with Crippen LogP contribution >= 0.6 is 0 Å². The van der Waals surface area contributed by atoms with Gasteiger partial charge in [-0.3, -0.25) is 4.90 Å². The second-order valence-corrected chi connectivity index (χ2v) is 5.77. The number of halogens is 3. The number of hydrogen-bond acceptors (Lipinski definition) is 5. The van der Waals surface area contributed by atoms with E-state index in [-0.39, 0.29) is 11.6 Å². The van der Waals surface area contributed by atoms with Gasteiger partial charge >= 0.3 is 6.18 Å². The molecule has 3 rings (SSSR count). The fourth-order valence-electron chi connectivity index (χ4n) is 2.88. The standard InChI is InChI=1S/C16H18F3N3O2/c1-10(15-21-20-11(2)24-15)22-7-8-23-14(9-22)12-5-3-4-6-13(12)16(17,18)19/h3-6,10,14H,7-9H2,1-2H3/t10-,14-/m1/s1. The molecule has 130 valence electrons. The zero-order chi connectivity index (χ0) is 17.3. The van der Waals surface area contributed by atoms with E-state index in [0.717, 1.165) is 6.07 Å². The summed E-state index contributed by atoms with van der Waals surface area (Å²) in [4.78, 5) is 1.99. The van der Waals surface area contributed by atoms with E-state index in [1.165, 1.54) is 12.1 Å². The van der Waals surface area contributed by atoms with Crippen molar-refractivity contribution >= 4 is 0 Å². The summed E-state index contributed by atoms with van der Waals surface area (Å²) >= 11 is 0. The lowest BCUT2D eigenvalue weighted by Crippen LogP contribution is -2.40. The molecule has 1 aliphatic heterocycles. The highest BCUT2D eigenvalue weighted by Crippen LogP contribution is 2.37. The van der Waals surface area contributed by atoms with Crippen molar-refractivity contribution in [1.29, 1.82) is 0 Å². The molecule has 2 atom stereocenters. The second-order valence-electron chi connectivity index (χ2n) is 5.77. The minimum absolute atomic E-state index is 0.156. The van der Waals surface area contributed by atoms with Crippen LogP contribution in [0.4, 0.5) is 13.2 Å². The first-order chi connectivity index (χ1) is 11.4. The highest BCUT2D eigenvalue weighted by atomic mass is 19.4. The predicted octanol–water partition coefficient (Wildman–Crippen LogP) is 3.53. The van der Waals surface area contributed by atoms with Crippen LogP contribution in [-0.4, -0.2) is 34.8 Å². The Hall–Kier alpha value is -1.93. The largest absolute Gasteiger partial charge is 0.424 e. The summed E-state index contributed by atoms with van der Waals surface area (Å²) < 4.78 is 50.7. The number of rotatable bonds is 3. The van der Waals surface area contributed by atoms with Gasteiger partial charge in [0.2, 0.25) is 11.8 Å². The molecule has 0 aliphatic carbocycles. The Morgan fingerprint density at radius 2 is 2.00 bits per heavy atom. The number of ether oxygens (including phenoxy) is 1. The maximum atomic E-state index is 13.2. The maximum absolute atomic E-state index is 13.2. The number of hydrogen-bond donors (Lipinski definition) is 0. The first kappa shape index (κ1) is 16.9. The van der Waals surface area contributed by atoms with E-state index in [0.29, 0.717) is 31.5 Å². The van der Waals surface area contributed by atoms with Gasteiger partial charge in [0.25, 0.3) is 0 Å². The third-order valence-electron chi connectivity index (χ3n) is 4.16. The normalized spacial score (nSPS) is 21.0. The van der Waals surface area contributed by atoms with Gasteiger partial charge < -0.3 is 9.15 Å². The summed E-state index contributed by atoms with van der Waals surface area (Å²) in [6.07, 6.45) is -5.06. The molecule has 0 bridgehead atoms. The Bertz CT molecular complexity index is 702. The average Bonchev–Trinajstić information content (AvgIpc) is 3.00. The van der Waals surface area contributed by atoms with Crippen LogP contribution in [0.5, 0.6) is 0 Å². The third kappa shape index (κ3) is 3.44. The number of morpholine rings is 1. The van der Waals surface area contributed by atoms with Gasteiger partial charge in [0.05, 0.1) is 24.3 Å². The van der Waals surface area contributed by atoms with Gasteiger partial charge in [-0.1, -0.05) is 18.2 Å². The molecule has 0 unspecified atom stereocenters. The Balaban J connectivity index is 1.82. The lowest BCUT2D eigenvalue weighted by molar-refractivity contribution is -0.140. The van der Waals surface area contributed by atoms with Crippen molar-refractivity contribution in [3.63, 3.8) is 0 Å². The van der Waals surface area contributed by atoms with Crippen LogP contribution in [0.25, 0.3) is 0 Å². The molecule has 0 saturated carbocycles.